The standard InChI is InChI=1S/C25H34N4O2/c1-6-7-13-26-23-22(21(18-27-23)20-11-9-8-10-12-20)19(2)28-14-16-29(17-15-28)24(30)31-25(3,4)5/h7-13,18H,6,14-17H2,1-5H3,(H,26,27)/b13-7+,22-19+. The van der Waals surface area contributed by atoms with Gasteiger partial charge < -0.3 is 19.9 Å². The van der Waals surface area contributed by atoms with Gasteiger partial charge in [-0.1, -0.05) is 43.3 Å². The van der Waals surface area contributed by atoms with Crippen molar-refractivity contribution in [3.63, 3.8) is 0 Å². The number of amidine groups is 1. The summed E-state index contributed by atoms with van der Waals surface area (Å²) in [4.78, 5) is 21.2. The molecule has 1 N–H and O–H groups in total. The average molecular weight is 423 g/mol. The molecular formula is C25H34N4O2. The fraction of sp³-hybridized carbons (Fsp3) is 0.440. The zero-order valence-electron chi connectivity index (χ0n) is 19.3. The number of aliphatic imine (C=N–C) groups is 1. The monoisotopic (exact) mass is 422 g/mol. The summed E-state index contributed by atoms with van der Waals surface area (Å²) in [6.07, 6.45) is 6.69. The molecule has 0 aromatic heterocycles. The maximum atomic E-state index is 12.4. The van der Waals surface area contributed by atoms with Crippen LogP contribution in [-0.4, -0.2) is 53.5 Å². The van der Waals surface area contributed by atoms with Crippen molar-refractivity contribution < 1.29 is 9.53 Å². The number of hydrogen-bond donors (Lipinski definition) is 1. The summed E-state index contributed by atoms with van der Waals surface area (Å²) in [5.41, 5.74) is 4.04. The summed E-state index contributed by atoms with van der Waals surface area (Å²) in [5, 5.41) is 3.35. The van der Waals surface area contributed by atoms with Crippen LogP contribution in [0.4, 0.5) is 4.79 Å². The Bertz CT molecular complexity index is 899. The maximum Gasteiger partial charge on any atom is 0.410 e. The summed E-state index contributed by atoms with van der Waals surface area (Å²) in [6, 6.07) is 10.3. The molecule has 1 saturated heterocycles. The molecule has 1 aromatic rings. The SMILES string of the molecule is CC/C=C/NC1=NC=C(c2ccccc2)/C1=C(/C)N1CCN(C(=O)OC(C)(C)C)CC1. The molecule has 0 saturated carbocycles. The van der Waals surface area contributed by atoms with Crippen LogP contribution in [0.15, 0.2) is 65.1 Å². The van der Waals surface area contributed by atoms with Gasteiger partial charge in [0.1, 0.15) is 11.4 Å². The zero-order valence-corrected chi connectivity index (χ0v) is 19.3. The fourth-order valence-electron chi connectivity index (χ4n) is 3.66. The molecule has 0 radical (unpaired) electrons. The first-order valence-corrected chi connectivity index (χ1v) is 11.0. The predicted molar refractivity (Wildman–Crippen MR) is 127 cm³/mol. The minimum atomic E-state index is -0.478. The highest BCUT2D eigenvalue weighted by Crippen LogP contribution is 2.32. The van der Waals surface area contributed by atoms with Crippen molar-refractivity contribution in [2.24, 2.45) is 4.99 Å². The van der Waals surface area contributed by atoms with Crippen molar-refractivity contribution in [2.45, 2.75) is 46.6 Å². The Morgan fingerprint density at radius 2 is 1.77 bits per heavy atom. The third kappa shape index (κ3) is 5.78. The van der Waals surface area contributed by atoms with E-state index in [9.17, 15) is 4.79 Å². The number of allylic oxidation sites excluding steroid dienone is 2. The van der Waals surface area contributed by atoms with E-state index < -0.39 is 5.60 Å². The molecule has 0 spiro atoms. The molecule has 1 fully saturated rings. The van der Waals surface area contributed by atoms with E-state index in [0.29, 0.717) is 13.1 Å². The first-order chi connectivity index (χ1) is 14.8. The minimum absolute atomic E-state index is 0.239. The molecule has 1 amide bonds. The van der Waals surface area contributed by atoms with E-state index in [-0.39, 0.29) is 6.09 Å². The lowest BCUT2D eigenvalue weighted by Crippen LogP contribution is -2.49. The van der Waals surface area contributed by atoms with E-state index in [0.717, 1.165) is 47.8 Å². The number of piperazine rings is 1. The quantitative estimate of drug-likeness (QED) is 0.759. The molecule has 6 nitrogen and oxygen atoms in total. The number of benzene rings is 1. The Balaban J connectivity index is 1.79. The van der Waals surface area contributed by atoms with Crippen LogP contribution in [0.5, 0.6) is 0 Å². The molecule has 0 atom stereocenters. The molecule has 2 heterocycles. The lowest BCUT2D eigenvalue weighted by atomic mass is 9.97. The summed E-state index contributed by atoms with van der Waals surface area (Å²) in [6.45, 7) is 12.7. The topological polar surface area (TPSA) is 57.2 Å². The fourth-order valence-corrected chi connectivity index (χ4v) is 3.66. The summed E-state index contributed by atoms with van der Waals surface area (Å²) in [7, 11) is 0. The van der Waals surface area contributed by atoms with Gasteiger partial charge in [-0.25, -0.2) is 9.79 Å². The Hall–Kier alpha value is -3.02. The van der Waals surface area contributed by atoms with Crippen molar-refractivity contribution in [3.05, 3.63) is 65.6 Å². The molecule has 2 aliphatic heterocycles. The van der Waals surface area contributed by atoms with Crippen molar-refractivity contribution in [1.82, 2.24) is 15.1 Å². The van der Waals surface area contributed by atoms with Crippen LogP contribution >= 0.6 is 0 Å². The first-order valence-electron chi connectivity index (χ1n) is 11.0. The number of nitrogens with one attached hydrogen (secondary N) is 1. The number of ether oxygens (including phenoxy) is 1. The highest BCUT2D eigenvalue weighted by Gasteiger charge is 2.29. The molecular weight excluding hydrogens is 388 g/mol. The number of amides is 1. The van der Waals surface area contributed by atoms with Crippen LogP contribution in [0.2, 0.25) is 0 Å². The van der Waals surface area contributed by atoms with Crippen molar-refractivity contribution >= 4 is 17.5 Å². The van der Waals surface area contributed by atoms with E-state index in [1.54, 1.807) is 4.90 Å². The van der Waals surface area contributed by atoms with E-state index >= 15 is 0 Å². The maximum absolute atomic E-state index is 12.4. The van der Waals surface area contributed by atoms with Gasteiger partial charge in [0.2, 0.25) is 0 Å². The van der Waals surface area contributed by atoms with Crippen molar-refractivity contribution in [2.75, 3.05) is 26.2 Å². The van der Waals surface area contributed by atoms with Gasteiger partial charge in [0, 0.05) is 49.2 Å². The lowest BCUT2D eigenvalue weighted by Gasteiger charge is -2.38. The molecule has 2 aliphatic rings. The average Bonchev–Trinajstić information content (AvgIpc) is 3.17. The Labute approximate surface area is 186 Å². The summed E-state index contributed by atoms with van der Waals surface area (Å²) >= 11 is 0. The Kier molecular flexibility index (Phi) is 7.21. The van der Waals surface area contributed by atoms with Crippen molar-refractivity contribution in [3.8, 4) is 0 Å². The Morgan fingerprint density at radius 3 is 2.39 bits per heavy atom. The second-order valence-corrected chi connectivity index (χ2v) is 8.76. The second kappa shape index (κ2) is 9.86. The summed E-state index contributed by atoms with van der Waals surface area (Å²) < 4.78 is 5.53. The highest BCUT2D eigenvalue weighted by molar-refractivity contribution is 6.16. The van der Waals surface area contributed by atoms with Gasteiger partial charge in [-0.2, -0.15) is 0 Å². The van der Waals surface area contributed by atoms with Crippen LogP contribution in [-0.2, 0) is 4.74 Å². The lowest BCUT2D eigenvalue weighted by molar-refractivity contribution is 0.0168. The smallest absolute Gasteiger partial charge is 0.410 e. The van der Waals surface area contributed by atoms with Gasteiger partial charge in [-0.3, -0.25) is 0 Å². The van der Waals surface area contributed by atoms with E-state index in [1.807, 2.05) is 51.4 Å². The van der Waals surface area contributed by atoms with Gasteiger partial charge in [-0.05, 0) is 45.9 Å². The minimum Gasteiger partial charge on any atom is -0.444 e. The van der Waals surface area contributed by atoms with Crippen LogP contribution in [0.25, 0.3) is 5.57 Å². The molecule has 0 bridgehead atoms. The molecule has 0 unspecified atom stereocenters. The number of carbonyl (C=O) groups excluding carboxylic acids is 1. The molecule has 31 heavy (non-hydrogen) atoms. The second-order valence-electron chi connectivity index (χ2n) is 8.76. The molecule has 0 aliphatic carbocycles. The van der Waals surface area contributed by atoms with Gasteiger partial charge in [0.15, 0.2) is 0 Å². The Morgan fingerprint density at radius 1 is 1.13 bits per heavy atom. The van der Waals surface area contributed by atoms with Gasteiger partial charge in [0.05, 0.1) is 0 Å². The van der Waals surface area contributed by atoms with Crippen LogP contribution in [0, 0.1) is 0 Å². The third-order valence-electron chi connectivity index (χ3n) is 5.25. The third-order valence-corrected chi connectivity index (χ3v) is 5.25. The molecule has 1 aromatic carbocycles. The predicted octanol–water partition coefficient (Wildman–Crippen LogP) is 4.78. The van der Waals surface area contributed by atoms with Gasteiger partial charge >= 0.3 is 6.09 Å². The largest absolute Gasteiger partial charge is 0.444 e. The van der Waals surface area contributed by atoms with Crippen LogP contribution < -0.4 is 5.32 Å². The number of rotatable bonds is 4. The van der Waals surface area contributed by atoms with E-state index in [1.165, 1.54) is 0 Å². The highest BCUT2D eigenvalue weighted by atomic mass is 16.6. The first kappa shape index (κ1) is 22.7. The van der Waals surface area contributed by atoms with Crippen LogP contribution in [0.3, 0.4) is 0 Å². The normalized spacial score (nSPS) is 18.7. The van der Waals surface area contributed by atoms with Gasteiger partial charge in [-0.15, -0.1) is 0 Å². The summed E-state index contributed by atoms with van der Waals surface area (Å²) in [5.74, 6) is 0.857. The van der Waals surface area contributed by atoms with Crippen LogP contribution in [0.1, 0.15) is 46.6 Å². The zero-order chi connectivity index (χ0) is 22.4. The molecule has 6 heteroatoms. The van der Waals surface area contributed by atoms with Gasteiger partial charge in [0.25, 0.3) is 0 Å². The molecule has 166 valence electrons. The number of hydrogen-bond acceptors (Lipinski definition) is 5. The molecule has 3 rings (SSSR count). The number of carbonyl (C=O) groups is 1. The van der Waals surface area contributed by atoms with E-state index in [4.69, 9.17) is 4.74 Å². The van der Waals surface area contributed by atoms with Crippen molar-refractivity contribution in [1.29, 1.82) is 0 Å². The number of nitrogens with zero attached hydrogens (tertiary/aromatic N) is 3. The van der Waals surface area contributed by atoms with E-state index in [2.05, 4.69) is 47.3 Å².